The number of pyridine rings is 2. The number of nitrogens with one attached hydrogen (secondary N) is 1. The van der Waals surface area contributed by atoms with Crippen LogP contribution in [-0.2, 0) is 4.79 Å². The van der Waals surface area contributed by atoms with E-state index in [0.717, 1.165) is 0 Å². The van der Waals surface area contributed by atoms with Crippen LogP contribution in [0.1, 0.15) is 24.7 Å². The Morgan fingerprint density at radius 1 is 1.15 bits per heavy atom. The fourth-order valence-corrected chi connectivity index (χ4v) is 4.37. The molecule has 0 bridgehead atoms. The third-order valence-corrected chi connectivity index (χ3v) is 5.96. The number of nitriles is 1. The Kier molecular flexibility index (Phi) is 5.31. The number of carbonyl (C=O) groups excluding carboxylic acids is 1. The number of hydrogen-bond donors (Lipinski definition) is 2. The number of nitrogens with two attached hydrogens (primary N) is 1. The molecule has 1 aliphatic heterocycles. The Labute approximate surface area is 191 Å². The van der Waals surface area contributed by atoms with Gasteiger partial charge in [-0.25, -0.2) is 19.7 Å². The molecule has 3 N–H and O–H groups in total. The average molecular weight is 457 g/mol. The molecule has 34 heavy (non-hydrogen) atoms. The van der Waals surface area contributed by atoms with Gasteiger partial charge in [0.1, 0.15) is 11.6 Å². The first kappa shape index (κ1) is 21.4. The minimum absolute atomic E-state index is 0.0414. The Morgan fingerprint density at radius 2 is 1.88 bits per heavy atom. The molecule has 0 spiro atoms. The lowest BCUT2D eigenvalue weighted by Crippen LogP contribution is -2.42. The first-order valence-electron chi connectivity index (χ1n) is 10.6. The molecule has 5 rings (SSSR count). The summed E-state index contributed by atoms with van der Waals surface area (Å²) in [7, 11) is 0. The summed E-state index contributed by atoms with van der Waals surface area (Å²) in [4.78, 5) is 58.3. The maximum Gasteiger partial charge on any atom is 0.329 e. The zero-order valence-electron chi connectivity index (χ0n) is 17.9. The van der Waals surface area contributed by atoms with E-state index in [2.05, 4.69) is 19.9 Å². The summed E-state index contributed by atoms with van der Waals surface area (Å²) in [6.45, 7) is 1.34. The maximum atomic E-state index is 13.0. The van der Waals surface area contributed by atoms with Crippen molar-refractivity contribution < 1.29 is 4.79 Å². The number of nitrogens with zero attached hydrogens (tertiary/aromatic N) is 7. The monoisotopic (exact) mass is 457 g/mol. The largest absolute Gasteiger partial charge is 0.369 e. The van der Waals surface area contributed by atoms with Gasteiger partial charge in [0.25, 0.3) is 5.56 Å². The summed E-state index contributed by atoms with van der Waals surface area (Å²) in [6.07, 6.45) is 5.63. The minimum atomic E-state index is -0.536. The van der Waals surface area contributed by atoms with Gasteiger partial charge in [-0.2, -0.15) is 5.26 Å². The Morgan fingerprint density at radius 3 is 2.56 bits per heavy atom. The number of aromatic amines is 1. The van der Waals surface area contributed by atoms with Crippen LogP contribution in [0.15, 0.2) is 40.3 Å². The molecule has 4 aromatic rings. The first-order chi connectivity index (χ1) is 16.4. The number of fused-ring (bicyclic) bond motifs is 3. The van der Waals surface area contributed by atoms with Gasteiger partial charge in [0.15, 0.2) is 0 Å². The highest BCUT2D eigenvalue weighted by Gasteiger charge is 2.25. The predicted molar refractivity (Wildman–Crippen MR) is 122 cm³/mol. The van der Waals surface area contributed by atoms with Gasteiger partial charge in [0.2, 0.25) is 11.7 Å². The van der Waals surface area contributed by atoms with Gasteiger partial charge in [-0.1, -0.05) is 0 Å². The van der Waals surface area contributed by atoms with Crippen LogP contribution in [0.4, 0.5) is 0 Å². The number of primary amides is 1. The zero-order valence-corrected chi connectivity index (χ0v) is 17.9. The molecule has 0 aliphatic carbocycles. The molecule has 0 saturated carbocycles. The fraction of sp³-hybridized carbons (Fsp3) is 0.273. The highest BCUT2D eigenvalue weighted by atomic mass is 16.2. The quantitative estimate of drug-likeness (QED) is 0.402. The lowest BCUT2D eigenvalue weighted by Gasteiger charge is -2.32. The maximum absolute atomic E-state index is 13.0. The Balaban J connectivity index is 1.67. The highest BCUT2D eigenvalue weighted by molar-refractivity contribution is 6.01. The van der Waals surface area contributed by atoms with Crippen molar-refractivity contribution in [2.45, 2.75) is 18.9 Å². The van der Waals surface area contributed by atoms with Gasteiger partial charge in [-0.05, 0) is 25.0 Å². The van der Waals surface area contributed by atoms with E-state index in [1.807, 2.05) is 11.0 Å². The highest BCUT2D eigenvalue weighted by Crippen LogP contribution is 2.28. The molecule has 12 heteroatoms. The Hall–Kier alpha value is -4.50. The molecular formula is C22H19N9O3. The van der Waals surface area contributed by atoms with Crippen LogP contribution in [0, 0.1) is 11.3 Å². The summed E-state index contributed by atoms with van der Waals surface area (Å²) in [5, 5.41) is 9.19. The third-order valence-electron chi connectivity index (χ3n) is 5.96. The van der Waals surface area contributed by atoms with Crippen molar-refractivity contribution in [2.75, 3.05) is 19.6 Å². The molecule has 0 atom stereocenters. The van der Waals surface area contributed by atoms with Crippen LogP contribution in [0.3, 0.4) is 0 Å². The third kappa shape index (κ3) is 3.78. The van der Waals surface area contributed by atoms with E-state index in [9.17, 15) is 14.4 Å². The molecule has 1 amide bonds. The number of carbonyl (C=O) groups is 1. The van der Waals surface area contributed by atoms with Crippen LogP contribution in [0.5, 0.6) is 0 Å². The van der Waals surface area contributed by atoms with Crippen molar-refractivity contribution >= 4 is 27.8 Å². The van der Waals surface area contributed by atoms with E-state index < -0.39 is 17.2 Å². The number of H-pyrrole nitrogens is 1. The number of rotatable bonds is 4. The fourth-order valence-electron chi connectivity index (χ4n) is 4.37. The standard InChI is InChI=1S/C22H19N9O3/c23-7-18-26-8-12(9-27-18)15-1-2-16-19(28-15)20-14(10-25-16)21(33)29-22(34)31(20)13-3-5-30(6-4-13)11-17(24)32/h1-2,8-10,13H,3-6,11H2,(H2,24,32)(H,29,33,34). The number of piperidine rings is 1. The van der Waals surface area contributed by atoms with E-state index in [4.69, 9.17) is 16.0 Å². The van der Waals surface area contributed by atoms with Gasteiger partial charge in [-0.15, -0.1) is 0 Å². The summed E-state index contributed by atoms with van der Waals surface area (Å²) in [5.41, 5.74) is 6.68. The van der Waals surface area contributed by atoms with Crippen molar-refractivity contribution in [2.24, 2.45) is 5.73 Å². The van der Waals surface area contributed by atoms with Gasteiger partial charge in [0.05, 0.1) is 28.7 Å². The second kappa shape index (κ2) is 8.45. The van der Waals surface area contributed by atoms with Gasteiger partial charge >= 0.3 is 5.69 Å². The van der Waals surface area contributed by atoms with Crippen LogP contribution in [-0.4, -0.2) is 59.9 Å². The lowest BCUT2D eigenvalue weighted by molar-refractivity contribution is -0.119. The van der Waals surface area contributed by atoms with E-state index in [0.29, 0.717) is 53.7 Å². The summed E-state index contributed by atoms with van der Waals surface area (Å²) < 4.78 is 1.58. The molecule has 0 radical (unpaired) electrons. The first-order valence-corrected chi connectivity index (χ1v) is 10.6. The molecule has 12 nitrogen and oxygen atoms in total. The van der Waals surface area contributed by atoms with Crippen LogP contribution < -0.4 is 17.0 Å². The van der Waals surface area contributed by atoms with E-state index in [-0.39, 0.29) is 23.8 Å². The lowest BCUT2D eigenvalue weighted by atomic mass is 10.0. The SMILES string of the molecule is N#Cc1ncc(-c2ccc3ncc4c(=O)[nH]c(=O)n(C5CCN(CC(N)=O)CC5)c4c3n2)cn1. The predicted octanol–water partition coefficient (Wildman–Crippen LogP) is 0.0839. The summed E-state index contributed by atoms with van der Waals surface area (Å²) in [6, 6.07) is 5.16. The summed E-state index contributed by atoms with van der Waals surface area (Å²) in [5.74, 6) is -0.356. The number of amides is 1. The molecule has 5 heterocycles. The molecule has 170 valence electrons. The minimum Gasteiger partial charge on any atom is -0.369 e. The number of aromatic nitrogens is 6. The molecule has 0 unspecified atom stereocenters. The molecular weight excluding hydrogens is 438 g/mol. The second-order valence-electron chi connectivity index (χ2n) is 8.09. The zero-order chi connectivity index (χ0) is 23.8. The average Bonchev–Trinajstić information content (AvgIpc) is 2.84. The molecule has 1 saturated heterocycles. The van der Waals surface area contributed by atoms with Gasteiger partial charge < -0.3 is 5.73 Å². The van der Waals surface area contributed by atoms with Crippen molar-refractivity contribution in [3.63, 3.8) is 0 Å². The van der Waals surface area contributed by atoms with Crippen molar-refractivity contribution in [1.29, 1.82) is 5.26 Å². The van der Waals surface area contributed by atoms with Gasteiger partial charge in [0, 0.05) is 43.3 Å². The van der Waals surface area contributed by atoms with Crippen LogP contribution >= 0.6 is 0 Å². The molecule has 4 aromatic heterocycles. The van der Waals surface area contributed by atoms with E-state index in [1.165, 1.54) is 18.6 Å². The van der Waals surface area contributed by atoms with E-state index >= 15 is 0 Å². The topological polar surface area (TPSA) is 177 Å². The smallest absolute Gasteiger partial charge is 0.329 e. The second-order valence-corrected chi connectivity index (χ2v) is 8.09. The Bertz CT molecular complexity index is 1580. The van der Waals surface area contributed by atoms with Crippen molar-refractivity contribution in [3.05, 3.63) is 57.4 Å². The summed E-state index contributed by atoms with van der Waals surface area (Å²) >= 11 is 0. The van der Waals surface area contributed by atoms with E-state index in [1.54, 1.807) is 16.7 Å². The van der Waals surface area contributed by atoms with Crippen molar-refractivity contribution in [3.8, 4) is 17.3 Å². The normalized spacial score (nSPS) is 14.9. The molecule has 0 aromatic carbocycles. The van der Waals surface area contributed by atoms with Crippen LogP contribution in [0.25, 0.3) is 33.2 Å². The molecule has 1 fully saturated rings. The van der Waals surface area contributed by atoms with Gasteiger partial charge in [-0.3, -0.25) is 29.0 Å². The molecule has 1 aliphatic rings. The number of hydrogen-bond acceptors (Lipinski definition) is 9. The number of likely N-dealkylation sites (tertiary alicyclic amines) is 1. The van der Waals surface area contributed by atoms with Crippen molar-refractivity contribution in [1.82, 2.24) is 34.4 Å². The van der Waals surface area contributed by atoms with Crippen LogP contribution in [0.2, 0.25) is 0 Å².